The Morgan fingerprint density at radius 3 is 2.35 bits per heavy atom. The van der Waals surface area contributed by atoms with Crippen LogP contribution in [0.5, 0.6) is 5.75 Å². The van der Waals surface area contributed by atoms with Gasteiger partial charge in [0.2, 0.25) is 0 Å². The molecule has 0 bridgehead atoms. The largest absolute Gasteiger partial charge is 0.573 e. The zero-order valence-corrected chi connectivity index (χ0v) is 12.6. The molecule has 0 N–H and O–H groups in total. The fourth-order valence-electron chi connectivity index (χ4n) is 2.63. The van der Waals surface area contributed by atoms with Crippen molar-refractivity contribution in [1.82, 2.24) is 0 Å². The average Bonchev–Trinajstić information content (AvgIpc) is 2.52. The molecule has 1 aromatic rings. The van der Waals surface area contributed by atoms with Crippen molar-refractivity contribution < 1.29 is 22.6 Å². The van der Waals surface area contributed by atoms with Gasteiger partial charge in [-0.1, -0.05) is 18.2 Å². The lowest BCUT2D eigenvalue weighted by atomic mass is 9.87. The third kappa shape index (κ3) is 6.33. The van der Waals surface area contributed by atoms with E-state index in [1.165, 1.54) is 18.2 Å². The molecule has 2 rings (SSSR count). The van der Waals surface area contributed by atoms with Crippen molar-refractivity contribution in [1.29, 1.82) is 5.26 Å². The SMILES string of the molecule is N#C/C=C/[C@H]1CC[C@H](OCc2ccc(OC(F)(F)F)cc2)CC1. The molecule has 0 heterocycles. The first-order valence-corrected chi connectivity index (χ1v) is 7.49. The van der Waals surface area contributed by atoms with Crippen LogP contribution in [0.3, 0.4) is 0 Å². The van der Waals surface area contributed by atoms with Crippen molar-refractivity contribution in [2.24, 2.45) is 5.92 Å². The molecule has 0 amide bonds. The zero-order chi connectivity index (χ0) is 16.7. The van der Waals surface area contributed by atoms with Gasteiger partial charge >= 0.3 is 6.36 Å². The van der Waals surface area contributed by atoms with Crippen LogP contribution in [0.1, 0.15) is 31.2 Å². The minimum absolute atomic E-state index is 0.160. The summed E-state index contributed by atoms with van der Waals surface area (Å²) in [5.41, 5.74) is 0.811. The van der Waals surface area contributed by atoms with Crippen LogP contribution in [0, 0.1) is 17.2 Å². The first-order valence-electron chi connectivity index (χ1n) is 7.49. The molecule has 0 saturated heterocycles. The van der Waals surface area contributed by atoms with Gasteiger partial charge in [0.25, 0.3) is 0 Å². The molecule has 0 aromatic heterocycles. The molecular formula is C17H18F3NO2. The summed E-state index contributed by atoms with van der Waals surface area (Å²) in [5, 5.41) is 8.51. The summed E-state index contributed by atoms with van der Waals surface area (Å²) in [6.07, 6.45) is 2.78. The Balaban J connectivity index is 1.74. The predicted molar refractivity (Wildman–Crippen MR) is 78.4 cm³/mol. The summed E-state index contributed by atoms with van der Waals surface area (Å²) in [7, 11) is 0. The number of rotatable bonds is 5. The van der Waals surface area contributed by atoms with Crippen molar-refractivity contribution in [3.05, 3.63) is 42.0 Å². The monoisotopic (exact) mass is 325 g/mol. The number of hydrogen-bond donors (Lipinski definition) is 0. The van der Waals surface area contributed by atoms with Crippen molar-refractivity contribution in [2.75, 3.05) is 0 Å². The number of benzene rings is 1. The van der Waals surface area contributed by atoms with Crippen LogP contribution in [0.2, 0.25) is 0 Å². The Hall–Kier alpha value is -2.00. The molecule has 0 unspecified atom stereocenters. The summed E-state index contributed by atoms with van der Waals surface area (Å²) in [4.78, 5) is 0. The lowest BCUT2D eigenvalue weighted by Gasteiger charge is -2.26. The maximum Gasteiger partial charge on any atom is 0.573 e. The summed E-state index contributed by atoms with van der Waals surface area (Å²) in [6.45, 7) is 0.371. The quantitative estimate of drug-likeness (QED) is 0.734. The molecule has 1 fully saturated rings. The molecule has 124 valence electrons. The fraction of sp³-hybridized carbons (Fsp3) is 0.471. The number of ether oxygens (including phenoxy) is 2. The van der Waals surface area contributed by atoms with Crippen LogP contribution in [-0.4, -0.2) is 12.5 Å². The predicted octanol–water partition coefficient (Wildman–Crippen LogP) is 4.74. The first kappa shape index (κ1) is 17.4. The van der Waals surface area contributed by atoms with Gasteiger partial charge in [-0.3, -0.25) is 0 Å². The standard InChI is InChI=1S/C17H18F3NO2/c18-17(19,20)23-16-9-5-14(6-10-16)12-22-15-7-3-13(4-8-15)2-1-11-21/h1-2,5-6,9-10,13,15H,3-4,7-8,12H2/b2-1+/t13-,15-. The van der Waals surface area contributed by atoms with Crippen molar-refractivity contribution >= 4 is 0 Å². The second kappa shape index (κ2) is 8.02. The minimum atomic E-state index is -4.67. The lowest BCUT2D eigenvalue weighted by Crippen LogP contribution is -2.20. The topological polar surface area (TPSA) is 42.2 Å². The Morgan fingerprint density at radius 2 is 1.78 bits per heavy atom. The summed E-state index contributed by atoms with van der Waals surface area (Å²) in [5.74, 6) is 0.208. The second-order valence-electron chi connectivity index (χ2n) is 5.53. The van der Waals surface area contributed by atoms with Crippen LogP contribution in [0.15, 0.2) is 36.4 Å². The number of halogens is 3. The highest BCUT2D eigenvalue weighted by Crippen LogP contribution is 2.28. The molecule has 0 spiro atoms. The van der Waals surface area contributed by atoms with E-state index in [4.69, 9.17) is 10.00 Å². The number of allylic oxidation sites excluding steroid dienone is 2. The van der Waals surface area contributed by atoms with Crippen molar-refractivity contribution in [2.45, 2.75) is 44.8 Å². The van der Waals surface area contributed by atoms with Crippen LogP contribution in [-0.2, 0) is 11.3 Å². The van der Waals surface area contributed by atoms with Gasteiger partial charge in [0.05, 0.1) is 18.8 Å². The van der Waals surface area contributed by atoms with E-state index in [9.17, 15) is 13.2 Å². The maximum absolute atomic E-state index is 12.1. The number of hydrogen-bond acceptors (Lipinski definition) is 3. The Kier molecular flexibility index (Phi) is 6.05. The summed E-state index contributed by atoms with van der Waals surface area (Å²) < 4.78 is 45.9. The van der Waals surface area contributed by atoms with E-state index >= 15 is 0 Å². The van der Waals surface area contributed by atoms with Gasteiger partial charge in [-0.15, -0.1) is 13.2 Å². The normalized spacial score (nSPS) is 22.0. The Bertz CT molecular complexity index is 553. The van der Waals surface area contributed by atoms with E-state index in [0.717, 1.165) is 31.2 Å². The molecule has 0 atom stereocenters. The van der Waals surface area contributed by atoms with E-state index < -0.39 is 6.36 Å². The van der Waals surface area contributed by atoms with Gasteiger partial charge in [0.1, 0.15) is 5.75 Å². The highest BCUT2D eigenvalue weighted by Gasteiger charge is 2.31. The number of nitriles is 1. The van der Waals surface area contributed by atoms with E-state index in [0.29, 0.717) is 12.5 Å². The number of nitrogens with zero attached hydrogens (tertiary/aromatic N) is 1. The fourth-order valence-corrected chi connectivity index (χ4v) is 2.63. The van der Waals surface area contributed by atoms with Gasteiger partial charge in [0.15, 0.2) is 0 Å². The van der Waals surface area contributed by atoms with Crippen LogP contribution < -0.4 is 4.74 Å². The molecule has 1 aromatic carbocycles. The van der Waals surface area contributed by atoms with E-state index in [1.807, 2.05) is 12.1 Å². The van der Waals surface area contributed by atoms with E-state index in [-0.39, 0.29) is 11.9 Å². The van der Waals surface area contributed by atoms with Gasteiger partial charge in [-0.2, -0.15) is 5.26 Å². The van der Waals surface area contributed by atoms with Crippen LogP contribution in [0.4, 0.5) is 13.2 Å². The summed E-state index contributed by atoms with van der Waals surface area (Å²) in [6, 6.07) is 7.72. The molecular weight excluding hydrogens is 307 g/mol. The van der Waals surface area contributed by atoms with Crippen molar-refractivity contribution in [3.63, 3.8) is 0 Å². The molecule has 6 heteroatoms. The zero-order valence-electron chi connectivity index (χ0n) is 12.6. The van der Waals surface area contributed by atoms with Gasteiger partial charge < -0.3 is 9.47 Å². The third-order valence-corrected chi connectivity index (χ3v) is 3.80. The lowest BCUT2D eigenvalue weighted by molar-refractivity contribution is -0.274. The van der Waals surface area contributed by atoms with E-state index in [2.05, 4.69) is 4.74 Å². The van der Waals surface area contributed by atoms with E-state index in [1.54, 1.807) is 12.1 Å². The van der Waals surface area contributed by atoms with Crippen molar-refractivity contribution in [3.8, 4) is 11.8 Å². The molecule has 0 aliphatic heterocycles. The summed E-state index contributed by atoms with van der Waals surface area (Å²) >= 11 is 0. The minimum Gasteiger partial charge on any atom is -0.406 e. The molecule has 1 aliphatic rings. The highest BCUT2D eigenvalue weighted by atomic mass is 19.4. The highest BCUT2D eigenvalue weighted by molar-refractivity contribution is 5.27. The molecule has 1 aliphatic carbocycles. The number of alkyl halides is 3. The van der Waals surface area contributed by atoms with Gasteiger partial charge in [0, 0.05) is 6.08 Å². The molecule has 3 nitrogen and oxygen atoms in total. The second-order valence-corrected chi connectivity index (χ2v) is 5.53. The Labute approximate surface area is 133 Å². The first-order chi connectivity index (χ1) is 11.0. The molecule has 1 saturated carbocycles. The van der Waals surface area contributed by atoms with Gasteiger partial charge in [-0.05, 0) is 49.3 Å². The maximum atomic E-state index is 12.1. The molecule has 0 radical (unpaired) electrons. The van der Waals surface area contributed by atoms with Crippen LogP contribution in [0.25, 0.3) is 0 Å². The molecule has 23 heavy (non-hydrogen) atoms. The average molecular weight is 325 g/mol. The van der Waals surface area contributed by atoms with Crippen LogP contribution >= 0.6 is 0 Å². The smallest absolute Gasteiger partial charge is 0.406 e. The van der Waals surface area contributed by atoms with Gasteiger partial charge in [-0.25, -0.2) is 0 Å². The third-order valence-electron chi connectivity index (χ3n) is 3.80. The Morgan fingerprint density at radius 1 is 1.13 bits per heavy atom.